The van der Waals surface area contributed by atoms with Crippen LogP contribution in [0.1, 0.15) is 18.5 Å². The summed E-state index contributed by atoms with van der Waals surface area (Å²) in [6.45, 7) is 0. The summed E-state index contributed by atoms with van der Waals surface area (Å²) in [4.78, 5) is 64.7. The first-order chi connectivity index (χ1) is 17.2. The van der Waals surface area contributed by atoms with Crippen molar-refractivity contribution in [3.05, 3.63) is 41.2 Å². The molecule has 3 atom stereocenters. The summed E-state index contributed by atoms with van der Waals surface area (Å²) >= 11 is 4.25. The van der Waals surface area contributed by atoms with E-state index in [0.717, 1.165) is 28.4 Å². The van der Waals surface area contributed by atoms with E-state index in [0.29, 0.717) is 11.1 Å². The zero-order valence-corrected chi connectivity index (χ0v) is 21.0. The number of anilines is 1. The van der Waals surface area contributed by atoms with Crippen LogP contribution in [0.25, 0.3) is 5.57 Å². The number of carbonyl (C=O) groups is 5. The molecule has 5 rings (SSSR count). The number of hydrogen-bond donors (Lipinski definition) is 4. The first kappa shape index (κ1) is 25.8. The lowest BCUT2D eigenvalue weighted by molar-refractivity contribution is -0.150. The summed E-state index contributed by atoms with van der Waals surface area (Å²) in [6.07, 6.45) is 6.90. The van der Waals surface area contributed by atoms with Gasteiger partial charge in [0.1, 0.15) is 17.1 Å². The number of nitrogens with two attached hydrogens (primary N) is 1. The number of hydrogen-bond acceptors (Lipinski definition) is 10. The number of nitrogen functional groups attached to an aromatic ring is 1. The molecule has 3 amide bonds. The van der Waals surface area contributed by atoms with E-state index in [4.69, 9.17) is 15.9 Å². The van der Waals surface area contributed by atoms with E-state index in [1.807, 2.05) is 24.0 Å². The number of nitrogens with zero attached hydrogens (tertiary/aromatic N) is 3. The smallest absolute Gasteiger partial charge is 0.352 e. The molecule has 0 bridgehead atoms. The summed E-state index contributed by atoms with van der Waals surface area (Å²) in [5.41, 5.74) is 5.66. The number of amides is 3. The number of aromatic nitrogens is 1. The van der Waals surface area contributed by atoms with Gasteiger partial charge in [0.2, 0.25) is 5.91 Å². The highest BCUT2D eigenvalue weighted by molar-refractivity contribution is 8.00. The molecule has 36 heavy (non-hydrogen) atoms. The minimum absolute atomic E-state index is 0.00795. The molecule has 15 heteroatoms. The van der Waals surface area contributed by atoms with Crippen molar-refractivity contribution in [2.45, 2.75) is 29.6 Å². The van der Waals surface area contributed by atoms with Crippen LogP contribution in [0.15, 0.2) is 35.5 Å². The molecule has 0 unspecified atom stereocenters. The Bertz CT molecular complexity index is 1210. The predicted octanol–water partition coefficient (Wildman–Crippen LogP) is 0.757. The van der Waals surface area contributed by atoms with Crippen LogP contribution in [-0.2, 0) is 24.0 Å². The fraction of sp³-hybridized carbons (Fsp3) is 0.333. The van der Waals surface area contributed by atoms with Crippen LogP contribution >= 0.6 is 34.9 Å². The van der Waals surface area contributed by atoms with Crippen LogP contribution in [0.4, 0.5) is 5.13 Å². The maximum Gasteiger partial charge on any atom is 0.352 e. The summed E-state index contributed by atoms with van der Waals surface area (Å²) in [5, 5.41) is 22.3. The summed E-state index contributed by atoms with van der Waals surface area (Å²) < 4.78 is 0. The van der Waals surface area contributed by atoms with Gasteiger partial charge in [-0.05, 0) is 6.08 Å². The normalized spacial score (nSPS) is 24.3. The van der Waals surface area contributed by atoms with Crippen molar-refractivity contribution in [3.8, 4) is 0 Å². The lowest BCUT2D eigenvalue weighted by Gasteiger charge is -2.48. The van der Waals surface area contributed by atoms with E-state index in [-0.39, 0.29) is 28.0 Å². The topological polar surface area (TPSA) is 183 Å². The maximum atomic E-state index is 12.6. The van der Waals surface area contributed by atoms with Crippen LogP contribution in [0.3, 0.4) is 0 Å². The molecular weight excluding hydrogens is 530 g/mol. The van der Waals surface area contributed by atoms with Gasteiger partial charge in [0.05, 0.1) is 29.5 Å². The average Bonchev–Trinajstić information content (AvgIpc) is 3.27. The van der Waals surface area contributed by atoms with Gasteiger partial charge >= 0.3 is 11.9 Å². The summed E-state index contributed by atoms with van der Waals surface area (Å²) in [5.74, 6) is -1.83. The largest absolute Gasteiger partial charge is 0.481 e. The standard InChI is InChI=1S/C15H14N4O6S2.C6H7NOS/c16-15-17-7(5-27-15)6(1-2-9(20)21)11(22)18-10-12(23)19-8(14(24)25)3-4-26-13(10)19;8-5-4-6-7(5)2-1-3-9-6/h1,3,5,10,13H,2,4H2,(H2,16,17)(H,18,22)(H,20,21)(H,24,25);1-2,6H,3-4H2/b6-1-;/t10-,13-;6-/m11/s1. The van der Waals surface area contributed by atoms with E-state index in [2.05, 4.69) is 10.3 Å². The Kier molecular flexibility index (Phi) is 7.70. The number of β-lactam (4-membered cyclic amide) rings is 2. The van der Waals surface area contributed by atoms with Crippen molar-refractivity contribution >= 4 is 75.2 Å². The van der Waals surface area contributed by atoms with Gasteiger partial charge < -0.3 is 26.2 Å². The van der Waals surface area contributed by atoms with Crippen LogP contribution in [0, 0.1) is 0 Å². The quantitative estimate of drug-likeness (QED) is 0.289. The van der Waals surface area contributed by atoms with E-state index in [1.165, 1.54) is 29.3 Å². The minimum Gasteiger partial charge on any atom is -0.481 e. The number of carboxylic acid groups (broad SMARTS) is 2. The lowest BCUT2D eigenvalue weighted by Crippen LogP contribution is -2.70. The number of fused-ring (bicyclic) bond motifs is 2. The second-order valence-electron chi connectivity index (χ2n) is 7.74. The second-order valence-corrected chi connectivity index (χ2v) is 11.0. The molecule has 1 aromatic rings. The molecule has 0 aliphatic carbocycles. The Hall–Kier alpha value is -3.30. The lowest BCUT2D eigenvalue weighted by atomic mass is 10.0. The summed E-state index contributed by atoms with van der Waals surface area (Å²) in [6, 6.07) is -0.908. The van der Waals surface area contributed by atoms with Gasteiger partial charge in [-0.2, -0.15) is 0 Å². The first-order valence-corrected chi connectivity index (χ1v) is 13.6. The molecule has 12 nitrogen and oxygen atoms in total. The molecule has 2 saturated heterocycles. The molecule has 4 aliphatic rings. The number of carbonyl (C=O) groups excluding carboxylic acids is 3. The molecule has 5 N–H and O–H groups in total. The average molecular weight is 552 g/mol. The van der Waals surface area contributed by atoms with Crippen molar-refractivity contribution in [2.75, 3.05) is 17.2 Å². The van der Waals surface area contributed by atoms with Crippen LogP contribution in [0.2, 0.25) is 0 Å². The molecular formula is C21H21N5O7S3. The maximum absolute atomic E-state index is 12.6. The highest BCUT2D eigenvalue weighted by Gasteiger charge is 2.52. The van der Waals surface area contributed by atoms with Gasteiger partial charge in [-0.3, -0.25) is 24.1 Å². The number of aliphatic carboxylic acids is 2. The first-order valence-electron chi connectivity index (χ1n) is 10.6. The SMILES string of the molecule is Nc1nc(/C(=C/CC(=O)O)C(=O)N[C@@H]2C(=O)N3C(C(=O)O)=CCS[C@H]23)cs1.O=C1C[C@H]2SCC=CN12. The van der Waals surface area contributed by atoms with Gasteiger partial charge in [-0.1, -0.05) is 12.2 Å². The monoisotopic (exact) mass is 551 g/mol. The molecule has 5 heterocycles. The highest BCUT2D eigenvalue weighted by Crippen LogP contribution is 2.38. The van der Waals surface area contributed by atoms with Crippen LogP contribution in [0.5, 0.6) is 0 Å². The summed E-state index contributed by atoms with van der Waals surface area (Å²) in [7, 11) is 0. The molecule has 190 valence electrons. The van der Waals surface area contributed by atoms with E-state index in [1.54, 1.807) is 4.90 Å². The molecule has 2 fully saturated rings. The Morgan fingerprint density at radius 2 is 2.00 bits per heavy atom. The molecule has 0 spiro atoms. The fourth-order valence-electron chi connectivity index (χ4n) is 3.71. The van der Waals surface area contributed by atoms with Gasteiger partial charge in [0, 0.05) is 23.1 Å². The predicted molar refractivity (Wildman–Crippen MR) is 134 cm³/mol. The third-order valence-corrected chi connectivity index (χ3v) is 8.49. The van der Waals surface area contributed by atoms with Gasteiger partial charge in [-0.15, -0.1) is 34.9 Å². The van der Waals surface area contributed by atoms with Gasteiger partial charge in [0.15, 0.2) is 5.13 Å². The minimum atomic E-state index is -1.21. The number of rotatable bonds is 6. The van der Waals surface area contributed by atoms with Crippen molar-refractivity contribution < 1.29 is 34.2 Å². The number of thioether (sulfide) groups is 2. The van der Waals surface area contributed by atoms with Crippen molar-refractivity contribution in [1.82, 2.24) is 20.1 Å². The third-order valence-electron chi connectivity index (χ3n) is 5.47. The Labute approximate surface area is 217 Å². The van der Waals surface area contributed by atoms with Crippen molar-refractivity contribution in [3.63, 3.8) is 0 Å². The highest BCUT2D eigenvalue weighted by atomic mass is 32.2. The van der Waals surface area contributed by atoms with Crippen LogP contribution in [-0.4, -0.2) is 83.0 Å². The molecule has 4 aliphatic heterocycles. The van der Waals surface area contributed by atoms with Crippen molar-refractivity contribution in [1.29, 1.82) is 0 Å². The Morgan fingerprint density at radius 3 is 2.58 bits per heavy atom. The van der Waals surface area contributed by atoms with E-state index >= 15 is 0 Å². The Balaban J connectivity index is 0.000000280. The molecule has 0 saturated carbocycles. The number of nitrogens with one attached hydrogen (secondary N) is 1. The van der Waals surface area contributed by atoms with Crippen LogP contribution < -0.4 is 11.1 Å². The fourth-order valence-corrected chi connectivity index (χ4v) is 6.50. The van der Waals surface area contributed by atoms with Gasteiger partial charge in [-0.25, -0.2) is 9.78 Å². The van der Waals surface area contributed by atoms with E-state index < -0.39 is 41.6 Å². The van der Waals surface area contributed by atoms with E-state index in [9.17, 15) is 24.0 Å². The molecule has 0 radical (unpaired) electrons. The Morgan fingerprint density at radius 1 is 1.22 bits per heavy atom. The number of carboxylic acids is 2. The molecule has 1 aromatic heterocycles. The second kappa shape index (κ2) is 10.8. The van der Waals surface area contributed by atoms with Crippen molar-refractivity contribution in [2.24, 2.45) is 0 Å². The van der Waals surface area contributed by atoms with Gasteiger partial charge in [0.25, 0.3) is 11.8 Å². The zero-order chi connectivity index (χ0) is 26.0. The molecule has 0 aromatic carbocycles. The zero-order valence-electron chi connectivity index (χ0n) is 18.5. The third kappa shape index (κ3) is 5.27. The number of thiazole rings is 1.